The number of halogens is 3. The number of aromatic nitrogens is 6. The molecule has 0 spiro atoms. The maximum absolute atomic E-state index is 15.0. The molecular weight excluding hydrogens is 381 g/mol. The Balaban J connectivity index is 1.81. The van der Waals surface area contributed by atoms with Gasteiger partial charge in [-0.25, -0.2) is 13.8 Å². The van der Waals surface area contributed by atoms with Crippen LogP contribution in [0.3, 0.4) is 0 Å². The van der Waals surface area contributed by atoms with Crippen LogP contribution in [0.2, 0.25) is 0 Å². The molecule has 29 heavy (non-hydrogen) atoms. The van der Waals surface area contributed by atoms with Crippen LogP contribution in [-0.2, 0) is 13.0 Å². The number of nitrogens with one attached hydrogen (secondary N) is 1. The minimum Gasteiger partial charge on any atom is -0.268 e. The number of H-pyrrole nitrogens is 1. The lowest BCUT2D eigenvalue weighted by atomic mass is 9.82. The number of fused-ring (bicyclic) bond motifs is 2. The third-order valence-electron chi connectivity index (χ3n) is 5.53. The highest BCUT2D eigenvalue weighted by Crippen LogP contribution is 2.43. The number of nitrogens with zero attached hydrogens (tertiary/aromatic N) is 5. The molecular formula is C20H17F3N6. The van der Waals surface area contributed by atoms with E-state index in [4.69, 9.17) is 0 Å². The van der Waals surface area contributed by atoms with Crippen LogP contribution < -0.4 is 0 Å². The standard InChI is InChI=1S/C20H17F3N6/c1-20(9-21)5-4-15-17(16-12-7-26-27-19(12)25-8-13(16)23)18(28-29(15)10-20)14-3-2-11(22)6-24-14/h2-3,6-8H,4-5,9-10H2,1H3,(H,25,26,27). The second-order valence-corrected chi connectivity index (χ2v) is 7.75. The van der Waals surface area contributed by atoms with E-state index in [1.807, 2.05) is 6.92 Å². The summed E-state index contributed by atoms with van der Waals surface area (Å²) >= 11 is 0. The molecule has 0 saturated heterocycles. The summed E-state index contributed by atoms with van der Waals surface area (Å²) in [6.45, 7) is 1.77. The van der Waals surface area contributed by atoms with Crippen molar-refractivity contribution in [1.82, 2.24) is 29.9 Å². The normalized spacial score (nSPS) is 18.9. The molecule has 4 aromatic heterocycles. The van der Waals surface area contributed by atoms with Crippen molar-refractivity contribution in [2.45, 2.75) is 26.3 Å². The van der Waals surface area contributed by atoms with Gasteiger partial charge in [0.05, 0.1) is 31.0 Å². The van der Waals surface area contributed by atoms with Gasteiger partial charge in [-0.15, -0.1) is 0 Å². The van der Waals surface area contributed by atoms with Gasteiger partial charge in [0.25, 0.3) is 0 Å². The fourth-order valence-electron chi connectivity index (χ4n) is 3.94. The largest absolute Gasteiger partial charge is 0.268 e. The van der Waals surface area contributed by atoms with Gasteiger partial charge in [-0.3, -0.25) is 19.2 Å². The van der Waals surface area contributed by atoms with Crippen LogP contribution in [-0.4, -0.2) is 36.6 Å². The van der Waals surface area contributed by atoms with Crippen LogP contribution in [0, 0.1) is 17.0 Å². The third kappa shape index (κ3) is 2.80. The molecule has 0 saturated carbocycles. The topological polar surface area (TPSA) is 72.3 Å². The molecule has 1 aliphatic heterocycles. The lowest BCUT2D eigenvalue weighted by molar-refractivity contribution is 0.155. The minimum atomic E-state index is -0.536. The SMILES string of the molecule is CC1(CF)CCc2c(-c3c(F)cnc4[nH]ncc34)c(-c3ccc(F)cn3)nn2C1. The van der Waals surface area contributed by atoms with Crippen molar-refractivity contribution in [2.24, 2.45) is 5.41 Å². The predicted octanol–water partition coefficient (Wildman–Crippen LogP) is 4.08. The molecule has 1 aliphatic rings. The maximum Gasteiger partial charge on any atom is 0.155 e. The van der Waals surface area contributed by atoms with E-state index in [0.29, 0.717) is 52.9 Å². The van der Waals surface area contributed by atoms with Gasteiger partial charge < -0.3 is 0 Å². The van der Waals surface area contributed by atoms with Crippen LogP contribution in [0.5, 0.6) is 0 Å². The number of alkyl halides is 1. The van der Waals surface area contributed by atoms with E-state index in [1.54, 1.807) is 4.68 Å². The Morgan fingerprint density at radius 1 is 1.14 bits per heavy atom. The van der Waals surface area contributed by atoms with E-state index in [2.05, 4.69) is 25.3 Å². The second-order valence-electron chi connectivity index (χ2n) is 7.75. The monoisotopic (exact) mass is 398 g/mol. The highest BCUT2D eigenvalue weighted by atomic mass is 19.1. The van der Waals surface area contributed by atoms with Crippen molar-refractivity contribution in [1.29, 1.82) is 0 Å². The molecule has 0 fully saturated rings. The molecule has 0 bridgehead atoms. The van der Waals surface area contributed by atoms with Gasteiger partial charge in [-0.2, -0.15) is 10.2 Å². The fraction of sp³-hybridized carbons (Fsp3) is 0.300. The van der Waals surface area contributed by atoms with Gasteiger partial charge in [0.1, 0.15) is 17.3 Å². The number of hydrogen-bond acceptors (Lipinski definition) is 4. The molecule has 1 N–H and O–H groups in total. The highest BCUT2D eigenvalue weighted by molar-refractivity contribution is 5.97. The van der Waals surface area contributed by atoms with Gasteiger partial charge in [-0.1, -0.05) is 6.92 Å². The van der Waals surface area contributed by atoms with Crippen molar-refractivity contribution in [3.8, 4) is 22.5 Å². The number of rotatable bonds is 3. The second kappa shape index (κ2) is 6.40. The Morgan fingerprint density at radius 3 is 2.76 bits per heavy atom. The molecule has 148 valence electrons. The van der Waals surface area contributed by atoms with Gasteiger partial charge in [-0.05, 0) is 25.0 Å². The summed E-state index contributed by atoms with van der Waals surface area (Å²) in [5.74, 6) is -0.992. The fourth-order valence-corrected chi connectivity index (χ4v) is 3.94. The van der Waals surface area contributed by atoms with Crippen molar-refractivity contribution in [3.05, 3.63) is 48.1 Å². The van der Waals surface area contributed by atoms with E-state index in [-0.39, 0.29) is 0 Å². The smallest absolute Gasteiger partial charge is 0.155 e. The Bertz CT molecular complexity index is 1210. The molecule has 0 amide bonds. The van der Waals surface area contributed by atoms with Crippen molar-refractivity contribution in [2.75, 3.05) is 6.67 Å². The van der Waals surface area contributed by atoms with Crippen LogP contribution in [0.1, 0.15) is 19.0 Å². The van der Waals surface area contributed by atoms with Gasteiger partial charge >= 0.3 is 0 Å². The zero-order valence-electron chi connectivity index (χ0n) is 15.6. The first-order valence-corrected chi connectivity index (χ1v) is 9.25. The van der Waals surface area contributed by atoms with Gasteiger partial charge in [0.2, 0.25) is 0 Å². The Kier molecular flexibility index (Phi) is 3.94. The first kappa shape index (κ1) is 17.8. The van der Waals surface area contributed by atoms with E-state index < -0.39 is 23.7 Å². The summed E-state index contributed by atoms with van der Waals surface area (Å²) in [7, 11) is 0. The van der Waals surface area contributed by atoms with Crippen molar-refractivity contribution >= 4 is 11.0 Å². The Morgan fingerprint density at radius 2 is 2.00 bits per heavy atom. The number of hydrogen-bond donors (Lipinski definition) is 1. The highest BCUT2D eigenvalue weighted by Gasteiger charge is 2.35. The average molecular weight is 398 g/mol. The summed E-state index contributed by atoms with van der Waals surface area (Å²) in [5.41, 5.74) is 2.43. The average Bonchev–Trinajstić information content (AvgIpc) is 3.33. The minimum absolute atomic E-state index is 0.315. The molecule has 0 aliphatic carbocycles. The lowest BCUT2D eigenvalue weighted by Crippen LogP contribution is -2.32. The van der Waals surface area contributed by atoms with Crippen molar-refractivity contribution < 1.29 is 13.2 Å². The quantitative estimate of drug-likeness (QED) is 0.564. The molecule has 6 nitrogen and oxygen atoms in total. The molecule has 0 aromatic carbocycles. The van der Waals surface area contributed by atoms with Crippen LogP contribution in [0.15, 0.2) is 30.7 Å². The lowest BCUT2D eigenvalue weighted by Gasteiger charge is -2.31. The number of aromatic amines is 1. The summed E-state index contributed by atoms with van der Waals surface area (Å²) in [5, 5.41) is 11.9. The van der Waals surface area contributed by atoms with Crippen LogP contribution in [0.4, 0.5) is 13.2 Å². The Labute approximate surface area is 163 Å². The van der Waals surface area contributed by atoms with Gasteiger partial charge in [0, 0.05) is 34.2 Å². The van der Waals surface area contributed by atoms with Crippen molar-refractivity contribution in [3.63, 3.8) is 0 Å². The summed E-state index contributed by atoms with van der Waals surface area (Å²) < 4.78 is 43.8. The predicted molar refractivity (Wildman–Crippen MR) is 101 cm³/mol. The van der Waals surface area contributed by atoms with Crippen LogP contribution in [0.25, 0.3) is 33.5 Å². The first-order valence-electron chi connectivity index (χ1n) is 9.25. The molecule has 1 unspecified atom stereocenters. The molecule has 9 heteroatoms. The first-order chi connectivity index (χ1) is 14.0. The van der Waals surface area contributed by atoms with E-state index in [0.717, 1.165) is 18.1 Å². The molecule has 4 aromatic rings. The molecule has 5 heterocycles. The summed E-state index contributed by atoms with van der Waals surface area (Å²) in [6.07, 6.45) is 4.89. The molecule has 5 rings (SSSR count). The zero-order valence-corrected chi connectivity index (χ0v) is 15.6. The molecule has 0 radical (unpaired) electrons. The Hall–Kier alpha value is -3.23. The zero-order chi connectivity index (χ0) is 20.2. The van der Waals surface area contributed by atoms with E-state index in [9.17, 15) is 8.78 Å². The third-order valence-corrected chi connectivity index (χ3v) is 5.53. The van der Waals surface area contributed by atoms with E-state index >= 15 is 4.39 Å². The summed E-state index contributed by atoms with van der Waals surface area (Å²) in [4.78, 5) is 8.18. The van der Waals surface area contributed by atoms with Crippen LogP contribution >= 0.6 is 0 Å². The molecule has 1 atom stereocenters. The maximum atomic E-state index is 15.0. The number of pyridine rings is 2. The summed E-state index contributed by atoms with van der Waals surface area (Å²) in [6, 6.07) is 2.79. The van der Waals surface area contributed by atoms with E-state index in [1.165, 1.54) is 18.3 Å². The van der Waals surface area contributed by atoms with Gasteiger partial charge in [0.15, 0.2) is 5.65 Å².